The predicted octanol–water partition coefficient (Wildman–Crippen LogP) is 3.05. The van der Waals surface area contributed by atoms with E-state index >= 15 is 0 Å². The van der Waals surface area contributed by atoms with Crippen molar-refractivity contribution in [2.75, 3.05) is 5.32 Å². The zero-order valence-electron chi connectivity index (χ0n) is 9.49. The van der Waals surface area contributed by atoms with E-state index in [2.05, 4.69) is 5.32 Å². The monoisotopic (exact) mass is 219 g/mol. The highest BCUT2D eigenvalue weighted by Crippen LogP contribution is 2.24. The maximum Gasteiger partial charge on any atom is 0.335 e. The second kappa shape index (κ2) is 4.56. The number of carbonyl (C=O) groups is 1. The molecular weight excluding hydrogens is 202 g/mol. The maximum absolute atomic E-state index is 10.8. The Morgan fingerprint density at radius 2 is 2.06 bits per heavy atom. The normalized spacial score (nSPS) is 16.3. The summed E-state index contributed by atoms with van der Waals surface area (Å²) in [6.45, 7) is 1.95. The molecule has 1 fully saturated rings. The van der Waals surface area contributed by atoms with Crippen LogP contribution in [0.1, 0.15) is 41.6 Å². The van der Waals surface area contributed by atoms with Gasteiger partial charge < -0.3 is 10.4 Å². The quantitative estimate of drug-likeness (QED) is 0.821. The third-order valence-corrected chi connectivity index (χ3v) is 3.19. The molecule has 0 amide bonds. The lowest BCUT2D eigenvalue weighted by molar-refractivity contribution is 0.0697. The van der Waals surface area contributed by atoms with Crippen LogP contribution in [0.3, 0.4) is 0 Å². The van der Waals surface area contributed by atoms with Crippen molar-refractivity contribution in [3.8, 4) is 0 Å². The van der Waals surface area contributed by atoms with Gasteiger partial charge in [0.05, 0.1) is 5.56 Å². The maximum atomic E-state index is 10.8. The van der Waals surface area contributed by atoms with Crippen LogP contribution in [0.2, 0.25) is 0 Å². The summed E-state index contributed by atoms with van der Waals surface area (Å²) in [6.07, 6.45) is 5.04. The van der Waals surface area contributed by atoms with Crippen molar-refractivity contribution in [1.82, 2.24) is 0 Å². The van der Waals surface area contributed by atoms with E-state index in [1.807, 2.05) is 13.0 Å². The Labute approximate surface area is 95.5 Å². The molecule has 1 saturated carbocycles. The first-order valence-electron chi connectivity index (χ1n) is 5.77. The Kier molecular flexibility index (Phi) is 3.13. The molecule has 0 heterocycles. The van der Waals surface area contributed by atoms with Gasteiger partial charge in [-0.1, -0.05) is 12.8 Å². The molecule has 1 aliphatic carbocycles. The molecule has 0 bridgehead atoms. The van der Waals surface area contributed by atoms with Crippen LogP contribution in [-0.4, -0.2) is 17.1 Å². The van der Waals surface area contributed by atoms with E-state index in [1.54, 1.807) is 12.1 Å². The molecule has 0 radical (unpaired) electrons. The number of nitrogens with one attached hydrogen (secondary N) is 1. The molecule has 0 spiro atoms. The van der Waals surface area contributed by atoms with Crippen molar-refractivity contribution in [2.45, 2.75) is 38.6 Å². The third kappa shape index (κ3) is 2.35. The SMILES string of the molecule is Cc1cc(C(=O)O)ccc1NC1CCCC1. The van der Waals surface area contributed by atoms with Gasteiger partial charge in [-0.3, -0.25) is 0 Å². The van der Waals surface area contributed by atoms with Gasteiger partial charge in [-0.25, -0.2) is 4.79 Å². The Bertz CT molecular complexity index is 395. The molecule has 2 rings (SSSR count). The highest BCUT2D eigenvalue weighted by Gasteiger charge is 2.15. The minimum Gasteiger partial charge on any atom is -0.478 e. The Balaban J connectivity index is 2.12. The fourth-order valence-electron chi connectivity index (χ4n) is 2.25. The van der Waals surface area contributed by atoms with Crippen LogP contribution in [0, 0.1) is 6.92 Å². The lowest BCUT2D eigenvalue weighted by Crippen LogP contribution is -2.15. The third-order valence-electron chi connectivity index (χ3n) is 3.19. The van der Waals surface area contributed by atoms with Crippen molar-refractivity contribution < 1.29 is 9.90 Å². The van der Waals surface area contributed by atoms with E-state index in [4.69, 9.17) is 5.11 Å². The number of hydrogen-bond acceptors (Lipinski definition) is 2. The second-order valence-electron chi connectivity index (χ2n) is 4.46. The first-order valence-corrected chi connectivity index (χ1v) is 5.77. The summed E-state index contributed by atoms with van der Waals surface area (Å²) >= 11 is 0. The van der Waals surface area contributed by atoms with Gasteiger partial charge in [0.25, 0.3) is 0 Å². The van der Waals surface area contributed by atoms with Gasteiger partial charge in [0, 0.05) is 11.7 Å². The van der Waals surface area contributed by atoms with Crippen molar-refractivity contribution >= 4 is 11.7 Å². The highest BCUT2D eigenvalue weighted by atomic mass is 16.4. The first-order chi connectivity index (χ1) is 7.66. The van der Waals surface area contributed by atoms with Crippen molar-refractivity contribution in [2.24, 2.45) is 0 Å². The van der Waals surface area contributed by atoms with Gasteiger partial charge in [0.1, 0.15) is 0 Å². The summed E-state index contributed by atoms with van der Waals surface area (Å²) in [4.78, 5) is 10.8. The molecule has 1 aliphatic rings. The lowest BCUT2D eigenvalue weighted by Gasteiger charge is -2.15. The molecule has 1 aromatic rings. The average molecular weight is 219 g/mol. The molecule has 3 heteroatoms. The van der Waals surface area contributed by atoms with Crippen LogP contribution in [0.25, 0.3) is 0 Å². The van der Waals surface area contributed by atoms with Gasteiger partial charge in [-0.05, 0) is 43.5 Å². The zero-order valence-corrected chi connectivity index (χ0v) is 9.49. The molecule has 2 N–H and O–H groups in total. The van der Waals surface area contributed by atoms with Crippen LogP contribution in [0.4, 0.5) is 5.69 Å². The molecule has 0 aromatic heterocycles. The topological polar surface area (TPSA) is 49.3 Å². The van der Waals surface area contributed by atoms with E-state index in [0.29, 0.717) is 11.6 Å². The standard InChI is InChI=1S/C13H17NO2/c1-9-8-10(13(15)16)6-7-12(9)14-11-4-2-3-5-11/h6-8,11,14H,2-5H2,1H3,(H,15,16). The molecule has 1 aromatic carbocycles. The van der Waals surface area contributed by atoms with E-state index in [9.17, 15) is 4.79 Å². The van der Waals surface area contributed by atoms with Gasteiger partial charge in [0.2, 0.25) is 0 Å². The van der Waals surface area contributed by atoms with Gasteiger partial charge >= 0.3 is 5.97 Å². The van der Waals surface area contributed by atoms with Gasteiger partial charge in [0.15, 0.2) is 0 Å². The molecule has 0 atom stereocenters. The fourth-order valence-corrected chi connectivity index (χ4v) is 2.25. The number of carboxylic acid groups (broad SMARTS) is 1. The number of aryl methyl sites for hydroxylation is 1. The Morgan fingerprint density at radius 3 is 2.62 bits per heavy atom. The second-order valence-corrected chi connectivity index (χ2v) is 4.46. The number of carboxylic acids is 1. The number of anilines is 1. The summed E-state index contributed by atoms with van der Waals surface area (Å²) in [5, 5.41) is 12.3. The van der Waals surface area contributed by atoms with E-state index in [-0.39, 0.29) is 0 Å². The number of rotatable bonds is 3. The van der Waals surface area contributed by atoms with Crippen molar-refractivity contribution in [3.63, 3.8) is 0 Å². The van der Waals surface area contributed by atoms with Crippen molar-refractivity contribution in [1.29, 1.82) is 0 Å². The molecule has 86 valence electrons. The van der Waals surface area contributed by atoms with E-state index in [0.717, 1.165) is 11.3 Å². The highest BCUT2D eigenvalue weighted by molar-refractivity contribution is 5.88. The summed E-state index contributed by atoms with van der Waals surface area (Å²) < 4.78 is 0. The molecule has 0 unspecified atom stereocenters. The van der Waals surface area contributed by atoms with Crippen molar-refractivity contribution in [3.05, 3.63) is 29.3 Å². The summed E-state index contributed by atoms with van der Waals surface area (Å²) in [5.41, 5.74) is 2.43. The summed E-state index contributed by atoms with van der Waals surface area (Å²) in [6, 6.07) is 5.82. The van der Waals surface area contributed by atoms with E-state index in [1.165, 1.54) is 25.7 Å². The molecule has 3 nitrogen and oxygen atoms in total. The zero-order chi connectivity index (χ0) is 11.5. The summed E-state index contributed by atoms with van der Waals surface area (Å²) in [5.74, 6) is -0.865. The molecule has 0 saturated heterocycles. The minimum absolute atomic E-state index is 0.356. The number of aromatic carboxylic acids is 1. The first kappa shape index (κ1) is 11.0. The summed E-state index contributed by atoms with van der Waals surface area (Å²) in [7, 11) is 0. The van der Waals surface area contributed by atoms with Crippen LogP contribution in [0.5, 0.6) is 0 Å². The average Bonchev–Trinajstić information content (AvgIpc) is 2.73. The lowest BCUT2D eigenvalue weighted by atomic mass is 10.1. The minimum atomic E-state index is -0.865. The molecule has 0 aliphatic heterocycles. The van der Waals surface area contributed by atoms with Crippen LogP contribution < -0.4 is 5.32 Å². The number of hydrogen-bond donors (Lipinski definition) is 2. The molecule has 16 heavy (non-hydrogen) atoms. The van der Waals surface area contributed by atoms with Gasteiger partial charge in [-0.15, -0.1) is 0 Å². The number of benzene rings is 1. The Hall–Kier alpha value is -1.51. The Morgan fingerprint density at radius 1 is 1.38 bits per heavy atom. The van der Waals surface area contributed by atoms with Crippen LogP contribution in [0.15, 0.2) is 18.2 Å². The van der Waals surface area contributed by atoms with Gasteiger partial charge in [-0.2, -0.15) is 0 Å². The smallest absolute Gasteiger partial charge is 0.335 e. The molecular formula is C13H17NO2. The van der Waals surface area contributed by atoms with Crippen LogP contribution >= 0.6 is 0 Å². The fraction of sp³-hybridized carbons (Fsp3) is 0.462. The van der Waals surface area contributed by atoms with E-state index < -0.39 is 5.97 Å². The largest absolute Gasteiger partial charge is 0.478 e. The van der Waals surface area contributed by atoms with Crippen LogP contribution in [-0.2, 0) is 0 Å². The predicted molar refractivity (Wildman–Crippen MR) is 64.0 cm³/mol.